The Balaban J connectivity index is 2.10. The first-order valence-corrected chi connectivity index (χ1v) is 4.60. The molecule has 1 aliphatic rings. The molecule has 1 aromatic rings. The maximum Gasteiger partial charge on any atom is 0.329 e. The van der Waals surface area contributed by atoms with E-state index in [4.69, 9.17) is 4.74 Å². The lowest BCUT2D eigenvalue weighted by molar-refractivity contribution is -0.386. The summed E-state index contributed by atoms with van der Waals surface area (Å²) in [5.74, 6) is 0.299. The lowest BCUT2D eigenvalue weighted by Gasteiger charge is -2.35. The molecule has 80 valence electrons. The minimum atomic E-state index is -0.481. The fourth-order valence-corrected chi connectivity index (χ4v) is 1.51. The van der Waals surface area contributed by atoms with Gasteiger partial charge in [-0.05, 0) is 7.05 Å². The van der Waals surface area contributed by atoms with Gasteiger partial charge in [-0.15, -0.1) is 0 Å². The largest absolute Gasteiger partial charge is 0.481 e. The van der Waals surface area contributed by atoms with Gasteiger partial charge >= 0.3 is 5.69 Å². The second-order valence-corrected chi connectivity index (χ2v) is 3.56. The Morgan fingerprint density at radius 3 is 3.00 bits per heavy atom. The molecular formula is C9H11N3O3. The summed E-state index contributed by atoms with van der Waals surface area (Å²) in [5, 5.41) is 10.6. The number of nitrogens with zero attached hydrogens (tertiary/aromatic N) is 3. The Kier molecular flexibility index (Phi) is 2.51. The molecule has 1 fully saturated rings. The summed E-state index contributed by atoms with van der Waals surface area (Å²) in [6.45, 7) is 1.61. The number of likely N-dealkylation sites (N-methyl/N-ethyl adjacent to an activating group) is 1. The zero-order chi connectivity index (χ0) is 10.8. The zero-order valence-corrected chi connectivity index (χ0v) is 8.29. The SMILES string of the molecule is CN1CC(Oc2ccncc2[N+](=O)[O-])C1. The third kappa shape index (κ3) is 2.04. The summed E-state index contributed by atoms with van der Waals surface area (Å²) in [5.41, 5.74) is -0.0768. The van der Waals surface area contributed by atoms with Crippen molar-refractivity contribution < 1.29 is 9.66 Å². The van der Waals surface area contributed by atoms with E-state index >= 15 is 0 Å². The molecule has 6 heteroatoms. The van der Waals surface area contributed by atoms with Gasteiger partial charge in [0.2, 0.25) is 5.75 Å². The number of aromatic nitrogens is 1. The van der Waals surface area contributed by atoms with Gasteiger partial charge in [0.25, 0.3) is 0 Å². The number of nitro groups is 1. The summed E-state index contributed by atoms with van der Waals surface area (Å²) < 4.78 is 5.49. The first-order chi connectivity index (χ1) is 7.16. The zero-order valence-electron chi connectivity index (χ0n) is 8.29. The van der Waals surface area contributed by atoms with E-state index in [-0.39, 0.29) is 11.8 Å². The lowest BCUT2D eigenvalue weighted by Crippen LogP contribution is -2.51. The van der Waals surface area contributed by atoms with Crippen molar-refractivity contribution in [3.63, 3.8) is 0 Å². The van der Waals surface area contributed by atoms with Crippen LogP contribution in [-0.2, 0) is 0 Å². The van der Waals surface area contributed by atoms with Crippen LogP contribution in [0, 0.1) is 10.1 Å². The monoisotopic (exact) mass is 209 g/mol. The molecular weight excluding hydrogens is 198 g/mol. The summed E-state index contributed by atoms with van der Waals surface area (Å²) in [6, 6.07) is 1.52. The molecule has 1 aromatic heterocycles. The van der Waals surface area contributed by atoms with Crippen LogP contribution in [0.4, 0.5) is 5.69 Å². The van der Waals surface area contributed by atoms with Crippen molar-refractivity contribution in [1.29, 1.82) is 0 Å². The molecule has 0 saturated carbocycles. The molecule has 2 rings (SSSR count). The molecule has 6 nitrogen and oxygen atoms in total. The Labute approximate surface area is 86.6 Å². The first-order valence-electron chi connectivity index (χ1n) is 4.60. The van der Waals surface area contributed by atoms with Gasteiger partial charge in [0, 0.05) is 25.4 Å². The maximum absolute atomic E-state index is 10.6. The smallest absolute Gasteiger partial charge is 0.329 e. The molecule has 0 atom stereocenters. The van der Waals surface area contributed by atoms with E-state index in [2.05, 4.69) is 9.88 Å². The van der Waals surface area contributed by atoms with E-state index in [0.717, 1.165) is 13.1 Å². The van der Waals surface area contributed by atoms with Crippen LogP contribution in [0.25, 0.3) is 0 Å². The molecule has 0 N–H and O–H groups in total. The predicted octanol–water partition coefficient (Wildman–Crippen LogP) is 0.683. The highest BCUT2D eigenvalue weighted by atomic mass is 16.6. The Morgan fingerprint density at radius 1 is 1.67 bits per heavy atom. The van der Waals surface area contributed by atoms with Crippen LogP contribution in [0.1, 0.15) is 0 Å². The van der Waals surface area contributed by atoms with Gasteiger partial charge in [-0.2, -0.15) is 0 Å². The molecule has 0 unspecified atom stereocenters. The summed E-state index contributed by atoms with van der Waals surface area (Å²) in [4.78, 5) is 15.9. The molecule has 15 heavy (non-hydrogen) atoms. The molecule has 0 bridgehead atoms. The van der Waals surface area contributed by atoms with Gasteiger partial charge in [-0.1, -0.05) is 0 Å². The van der Waals surface area contributed by atoms with E-state index < -0.39 is 4.92 Å². The van der Waals surface area contributed by atoms with Gasteiger partial charge in [0.05, 0.1) is 4.92 Å². The highest BCUT2D eigenvalue weighted by Gasteiger charge is 2.27. The van der Waals surface area contributed by atoms with Crippen LogP contribution in [-0.4, -0.2) is 41.0 Å². The average molecular weight is 209 g/mol. The number of ether oxygens (including phenoxy) is 1. The number of likely N-dealkylation sites (tertiary alicyclic amines) is 1. The molecule has 1 saturated heterocycles. The quantitative estimate of drug-likeness (QED) is 0.541. The number of hydrogen-bond acceptors (Lipinski definition) is 5. The van der Waals surface area contributed by atoms with Gasteiger partial charge in [-0.25, -0.2) is 0 Å². The normalized spacial score (nSPS) is 17.1. The molecule has 0 aromatic carbocycles. The molecule has 1 aliphatic heterocycles. The van der Waals surface area contributed by atoms with Crippen LogP contribution < -0.4 is 4.74 Å². The molecule has 0 aliphatic carbocycles. The molecule has 2 heterocycles. The summed E-state index contributed by atoms with van der Waals surface area (Å²) in [7, 11) is 1.97. The fraction of sp³-hybridized carbons (Fsp3) is 0.444. The fourth-order valence-electron chi connectivity index (χ4n) is 1.51. The number of pyridine rings is 1. The third-order valence-corrected chi connectivity index (χ3v) is 2.28. The Bertz CT molecular complexity index is 377. The molecule has 0 spiro atoms. The van der Waals surface area contributed by atoms with Crippen molar-refractivity contribution in [3.8, 4) is 5.75 Å². The second kappa shape index (κ2) is 3.82. The summed E-state index contributed by atoms with van der Waals surface area (Å²) in [6.07, 6.45) is 2.75. The van der Waals surface area contributed by atoms with E-state index in [9.17, 15) is 10.1 Å². The van der Waals surface area contributed by atoms with Crippen molar-refractivity contribution >= 4 is 5.69 Å². The number of hydrogen-bond donors (Lipinski definition) is 0. The van der Waals surface area contributed by atoms with Crippen molar-refractivity contribution in [2.24, 2.45) is 0 Å². The maximum atomic E-state index is 10.6. The molecule has 0 amide bonds. The van der Waals surface area contributed by atoms with Gasteiger partial charge in [0.1, 0.15) is 12.3 Å². The standard InChI is InChI=1S/C9H11N3O3/c1-11-5-7(6-11)15-9-2-3-10-4-8(9)12(13)14/h2-4,7H,5-6H2,1H3. The third-order valence-electron chi connectivity index (χ3n) is 2.28. The Morgan fingerprint density at radius 2 is 2.40 bits per heavy atom. The van der Waals surface area contributed by atoms with Crippen LogP contribution in [0.2, 0.25) is 0 Å². The van der Waals surface area contributed by atoms with Crippen LogP contribution in [0.3, 0.4) is 0 Å². The minimum Gasteiger partial charge on any atom is -0.481 e. The van der Waals surface area contributed by atoms with Crippen LogP contribution in [0.5, 0.6) is 5.75 Å². The highest BCUT2D eigenvalue weighted by Crippen LogP contribution is 2.27. The number of rotatable bonds is 3. The van der Waals surface area contributed by atoms with E-state index in [0.29, 0.717) is 5.75 Å². The van der Waals surface area contributed by atoms with E-state index in [1.807, 2.05) is 7.05 Å². The summed E-state index contributed by atoms with van der Waals surface area (Å²) >= 11 is 0. The van der Waals surface area contributed by atoms with Crippen LogP contribution in [0.15, 0.2) is 18.5 Å². The second-order valence-electron chi connectivity index (χ2n) is 3.56. The van der Waals surface area contributed by atoms with Gasteiger partial charge < -0.3 is 4.74 Å². The minimum absolute atomic E-state index is 0.0519. The van der Waals surface area contributed by atoms with Gasteiger partial charge in [-0.3, -0.25) is 20.0 Å². The molecule has 0 radical (unpaired) electrons. The average Bonchev–Trinajstić information content (AvgIpc) is 2.16. The van der Waals surface area contributed by atoms with Gasteiger partial charge in [0.15, 0.2) is 0 Å². The topological polar surface area (TPSA) is 68.5 Å². The highest BCUT2D eigenvalue weighted by molar-refractivity contribution is 5.43. The first kappa shape index (κ1) is 9.85. The van der Waals surface area contributed by atoms with E-state index in [1.54, 1.807) is 0 Å². The van der Waals surface area contributed by atoms with Crippen molar-refractivity contribution in [1.82, 2.24) is 9.88 Å². The van der Waals surface area contributed by atoms with Crippen molar-refractivity contribution in [3.05, 3.63) is 28.6 Å². The lowest BCUT2D eigenvalue weighted by atomic mass is 10.2. The van der Waals surface area contributed by atoms with Crippen LogP contribution >= 0.6 is 0 Å². The predicted molar refractivity (Wildman–Crippen MR) is 52.8 cm³/mol. The van der Waals surface area contributed by atoms with Crippen molar-refractivity contribution in [2.75, 3.05) is 20.1 Å². The van der Waals surface area contributed by atoms with Crippen molar-refractivity contribution in [2.45, 2.75) is 6.10 Å². The van der Waals surface area contributed by atoms with E-state index in [1.165, 1.54) is 18.5 Å². The Hall–Kier alpha value is -1.69.